The largest absolute Gasteiger partial charge is 0.391 e. The van der Waals surface area contributed by atoms with E-state index in [1.165, 1.54) is 0 Å². The minimum atomic E-state index is -0.325. The number of rotatable bonds is 4. The van der Waals surface area contributed by atoms with Crippen molar-refractivity contribution in [2.24, 2.45) is 5.92 Å². The molecule has 3 heterocycles. The van der Waals surface area contributed by atoms with Gasteiger partial charge >= 0.3 is 0 Å². The quantitative estimate of drug-likeness (QED) is 0.912. The van der Waals surface area contributed by atoms with Crippen molar-refractivity contribution >= 4 is 11.3 Å². The first-order valence-corrected chi connectivity index (χ1v) is 7.53. The second-order valence-electron chi connectivity index (χ2n) is 5.38. The molecule has 6 nitrogen and oxygen atoms in total. The van der Waals surface area contributed by atoms with E-state index in [2.05, 4.69) is 20.3 Å². The van der Waals surface area contributed by atoms with Crippen molar-refractivity contribution < 1.29 is 9.63 Å². The predicted molar refractivity (Wildman–Crippen MR) is 74.4 cm³/mol. The zero-order chi connectivity index (χ0) is 14.1. The van der Waals surface area contributed by atoms with Crippen molar-refractivity contribution in [2.45, 2.75) is 32.9 Å². The lowest BCUT2D eigenvalue weighted by molar-refractivity contribution is 0.137. The summed E-state index contributed by atoms with van der Waals surface area (Å²) in [6, 6.07) is 1.93. The van der Waals surface area contributed by atoms with E-state index in [4.69, 9.17) is 4.52 Å². The Balaban J connectivity index is 1.59. The van der Waals surface area contributed by atoms with Crippen molar-refractivity contribution in [3.8, 4) is 0 Å². The van der Waals surface area contributed by atoms with Gasteiger partial charge in [0.15, 0.2) is 0 Å². The molecule has 0 spiro atoms. The monoisotopic (exact) mass is 294 g/mol. The van der Waals surface area contributed by atoms with E-state index in [1.54, 1.807) is 11.3 Å². The third-order valence-electron chi connectivity index (χ3n) is 3.55. The Kier molecular flexibility index (Phi) is 3.82. The van der Waals surface area contributed by atoms with Gasteiger partial charge in [-0.15, -0.1) is 21.5 Å². The van der Waals surface area contributed by atoms with Crippen LogP contribution in [-0.4, -0.2) is 44.6 Å². The minimum absolute atomic E-state index is 0.191. The molecule has 0 bridgehead atoms. The maximum atomic E-state index is 10.2. The highest BCUT2D eigenvalue weighted by atomic mass is 32.1. The fourth-order valence-electron chi connectivity index (χ4n) is 2.63. The molecule has 0 saturated carbocycles. The lowest BCUT2D eigenvalue weighted by Crippen LogP contribution is -2.21. The van der Waals surface area contributed by atoms with Gasteiger partial charge in [0.2, 0.25) is 0 Å². The zero-order valence-electron chi connectivity index (χ0n) is 11.6. The van der Waals surface area contributed by atoms with Gasteiger partial charge in [0, 0.05) is 31.5 Å². The number of hydrogen-bond donors (Lipinski definition) is 1. The van der Waals surface area contributed by atoms with Crippen LogP contribution in [0.1, 0.15) is 21.5 Å². The number of hydrogen-bond acceptors (Lipinski definition) is 7. The third kappa shape index (κ3) is 3.05. The maximum Gasteiger partial charge on any atom is 0.137 e. The molecule has 1 aliphatic rings. The van der Waals surface area contributed by atoms with E-state index >= 15 is 0 Å². The molecule has 2 atom stereocenters. The van der Waals surface area contributed by atoms with Gasteiger partial charge in [-0.05, 0) is 13.8 Å². The Labute approximate surface area is 121 Å². The van der Waals surface area contributed by atoms with Crippen LogP contribution in [0.4, 0.5) is 0 Å². The number of β-amino-alcohol motifs (C(OH)–C–C–N with tert-alkyl or cyclic N) is 1. The second kappa shape index (κ2) is 5.59. The van der Waals surface area contributed by atoms with Crippen LogP contribution in [0.25, 0.3) is 0 Å². The van der Waals surface area contributed by atoms with Crippen molar-refractivity contribution in [1.82, 2.24) is 20.3 Å². The molecule has 1 aliphatic heterocycles. The number of likely N-dealkylation sites (tertiary alicyclic amines) is 1. The van der Waals surface area contributed by atoms with E-state index in [0.29, 0.717) is 6.54 Å². The van der Waals surface area contributed by atoms with Crippen molar-refractivity contribution in [2.75, 3.05) is 13.1 Å². The fraction of sp³-hybridized carbons (Fsp3) is 0.615. The second-order valence-corrected chi connectivity index (χ2v) is 6.64. The molecule has 0 aromatic carbocycles. The highest BCUT2D eigenvalue weighted by Gasteiger charge is 2.32. The van der Waals surface area contributed by atoms with Crippen LogP contribution in [0.5, 0.6) is 0 Å². The summed E-state index contributed by atoms with van der Waals surface area (Å²) >= 11 is 1.61. The molecule has 3 rings (SSSR count). The van der Waals surface area contributed by atoms with E-state index in [0.717, 1.165) is 41.0 Å². The van der Waals surface area contributed by atoms with Gasteiger partial charge in [0.25, 0.3) is 0 Å². The molecule has 1 N–H and O–H groups in total. The van der Waals surface area contributed by atoms with Crippen LogP contribution >= 0.6 is 11.3 Å². The highest BCUT2D eigenvalue weighted by molar-refractivity contribution is 7.11. The molecule has 0 radical (unpaired) electrons. The van der Waals surface area contributed by atoms with Crippen LogP contribution in [-0.2, 0) is 13.0 Å². The summed E-state index contributed by atoms with van der Waals surface area (Å²) in [5, 5.41) is 24.2. The van der Waals surface area contributed by atoms with Crippen LogP contribution in [0.2, 0.25) is 0 Å². The van der Waals surface area contributed by atoms with Gasteiger partial charge in [-0.2, -0.15) is 0 Å². The van der Waals surface area contributed by atoms with Crippen molar-refractivity contribution in [3.05, 3.63) is 27.5 Å². The summed E-state index contributed by atoms with van der Waals surface area (Å²) in [6.45, 7) is 6.14. The lowest BCUT2D eigenvalue weighted by atomic mass is 10.0. The average Bonchev–Trinajstić information content (AvgIpc) is 3.05. The van der Waals surface area contributed by atoms with E-state index in [-0.39, 0.29) is 12.0 Å². The van der Waals surface area contributed by atoms with Gasteiger partial charge in [-0.25, -0.2) is 0 Å². The minimum Gasteiger partial charge on any atom is -0.391 e. The van der Waals surface area contributed by atoms with E-state index in [1.807, 2.05) is 19.9 Å². The number of aromatic nitrogens is 3. The predicted octanol–water partition coefficient (Wildman–Crippen LogP) is 1.18. The third-order valence-corrected chi connectivity index (χ3v) is 4.37. The van der Waals surface area contributed by atoms with Gasteiger partial charge in [-0.1, -0.05) is 5.16 Å². The van der Waals surface area contributed by atoms with Crippen LogP contribution in [0.3, 0.4) is 0 Å². The molecule has 0 amide bonds. The molecule has 0 unspecified atom stereocenters. The topological polar surface area (TPSA) is 75.3 Å². The molecule has 0 aliphatic carbocycles. The Bertz CT molecular complexity index is 582. The zero-order valence-corrected chi connectivity index (χ0v) is 12.4. The first-order valence-electron chi connectivity index (χ1n) is 6.72. The Hall–Kier alpha value is -1.31. The van der Waals surface area contributed by atoms with Crippen LogP contribution in [0, 0.1) is 19.8 Å². The molecule has 1 fully saturated rings. The van der Waals surface area contributed by atoms with Gasteiger partial charge in [-0.3, -0.25) is 4.90 Å². The number of aliphatic hydroxyl groups is 1. The van der Waals surface area contributed by atoms with E-state index < -0.39 is 0 Å². The summed E-state index contributed by atoms with van der Waals surface area (Å²) in [6.07, 6.45) is 0.405. The summed E-state index contributed by atoms with van der Waals surface area (Å²) in [4.78, 5) is 2.22. The average molecular weight is 294 g/mol. The van der Waals surface area contributed by atoms with Gasteiger partial charge < -0.3 is 9.63 Å². The SMILES string of the molecule is Cc1cc(C[C@@H]2CN(Cc3nnc(C)s3)C[C@@H]2O)on1. The smallest absolute Gasteiger partial charge is 0.137 e. The number of aliphatic hydroxyl groups excluding tert-OH is 1. The fourth-order valence-corrected chi connectivity index (χ4v) is 3.39. The standard InChI is InChI=1S/C13H18N4O2S/c1-8-3-11(19-16-8)4-10-5-17(6-12(10)18)7-13-15-14-9(2)20-13/h3,10,12,18H,4-7H2,1-2H3/t10-,12+/m1/s1. The summed E-state index contributed by atoms with van der Waals surface area (Å²) in [7, 11) is 0. The molecular formula is C13H18N4O2S. The summed E-state index contributed by atoms with van der Waals surface area (Å²) < 4.78 is 5.23. The van der Waals surface area contributed by atoms with Crippen LogP contribution < -0.4 is 0 Å². The van der Waals surface area contributed by atoms with Gasteiger partial charge in [0.1, 0.15) is 15.8 Å². The highest BCUT2D eigenvalue weighted by Crippen LogP contribution is 2.24. The normalized spacial score (nSPS) is 23.6. The molecule has 2 aromatic rings. The molecule has 1 saturated heterocycles. The van der Waals surface area contributed by atoms with E-state index in [9.17, 15) is 5.11 Å². The number of nitrogens with zero attached hydrogens (tertiary/aromatic N) is 4. The molecular weight excluding hydrogens is 276 g/mol. The molecule has 108 valence electrons. The summed E-state index contributed by atoms with van der Waals surface area (Å²) in [5.74, 6) is 1.04. The molecule has 2 aromatic heterocycles. The van der Waals surface area contributed by atoms with Crippen LogP contribution in [0.15, 0.2) is 10.6 Å². The first kappa shape index (κ1) is 13.7. The maximum absolute atomic E-state index is 10.2. The number of aryl methyl sites for hydroxylation is 2. The Morgan fingerprint density at radius 2 is 2.25 bits per heavy atom. The molecule has 7 heteroatoms. The Morgan fingerprint density at radius 3 is 2.90 bits per heavy atom. The van der Waals surface area contributed by atoms with Crippen molar-refractivity contribution in [3.63, 3.8) is 0 Å². The first-order chi connectivity index (χ1) is 9.60. The lowest BCUT2D eigenvalue weighted by Gasteiger charge is -2.12. The van der Waals surface area contributed by atoms with Crippen molar-refractivity contribution in [1.29, 1.82) is 0 Å². The Morgan fingerprint density at radius 1 is 1.40 bits per heavy atom. The van der Waals surface area contributed by atoms with Gasteiger partial charge in [0.05, 0.1) is 18.3 Å². The summed E-state index contributed by atoms with van der Waals surface area (Å²) in [5.41, 5.74) is 0.883. The molecule has 20 heavy (non-hydrogen) atoms.